The van der Waals surface area contributed by atoms with E-state index in [0.717, 1.165) is 6.54 Å². The van der Waals surface area contributed by atoms with E-state index < -0.39 is 0 Å². The number of thiophene rings is 1. The lowest BCUT2D eigenvalue weighted by molar-refractivity contribution is -0.0195. The third-order valence-electron chi connectivity index (χ3n) is 2.74. The van der Waals surface area contributed by atoms with Crippen LogP contribution in [0.15, 0.2) is 6.07 Å². The van der Waals surface area contributed by atoms with Gasteiger partial charge in [-0.1, -0.05) is 23.2 Å². The summed E-state index contributed by atoms with van der Waals surface area (Å²) in [6, 6.07) is 1.62. The molecule has 1 aromatic heterocycles. The number of nitrogens with zero attached hydrogens (tertiary/aromatic N) is 1. The van der Waals surface area contributed by atoms with Crippen LogP contribution >= 0.6 is 34.5 Å². The number of ether oxygens (including phenoxy) is 1. The van der Waals surface area contributed by atoms with E-state index in [-0.39, 0.29) is 12.0 Å². The van der Waals surface area contributed by atoms with Crippen LogP contribution in [0, 0.1) is 0 Å². The van der Waals surface area contributed by atoms with E-state index in [0.29, 0.717) is 33.9 Å². The Morgan fingerprint density at radius 2 is 2.44 bits per heavy atom. The Kier molecular flexibility index (Phi) is 4.86. The lowest BCUT2D eigenvalue weighted by Gasteiger charge is -2.32. The van der Waals surface area contributed by atoms with Gasteiger partial charge in [-0.2, -0.15) is 0 Å². The number of rotatable bonds is 3. The van der Waals surface area contributed by atoms with E-state index in [1.807, 2.05) is 7.05 Å². The van der Waals surface area contributed by atoms with Gasteiger partial charge in [0, 0.05) is 19.6 Å². The number of nitrogens with one attached hydrogen (secondary N) is 1. The highest BCUT2D eigenvalue weighted by atomic mass is 35.5. The van der Waals surface area contributed by atoms with Gasteiger partial charge < -0.3 is 15.0 Å². The van der Waals surface area contributed by atoms with E-state index in [4.69, 9.17) is 27.9 Å². The summed E-state index contributed by atoms with van der Waals surface area (Å²) in [5, 5.41) is 3.04. The van der Waals surface area contributed by atoms with Crippen molar-refractivity contribution >= 4 is 40.4 Å². The summed E-state index contributed by atoms with van der Waals surface area (Å²) in [6.45, 7) is 2.43. The summed E-state index contributed by atoms with van der Waals surface area (Å²) in [7, 11) is 1.86. The van der Waals surface area contributed by atoms with Crippen LogP contribution in [-0.4, -0.2) is 50.2 Å². The molecule has 1 atom stereocenters. The molecule has 1 unspecified atom stereocenters. The van der Waals surface area contributed by atoms with Crippen LogP contribution in [0.4, 0.5) is 0 Å². The van der Waals surface area contributed by atoms with Crippen LogP contribution in [0.25, 0.3) is 0 Å². The zero-order valence-corrected chi connectivity index (χ0v) is 12.2. The van der Waals surface area contributed by atoms with Crippen molar-refractivity contribution in [2.75, 3.05) is 33.3 Å². The maximum atomic E-state index is 12.3. The van der Waals surface area contributed by atoms with Gasteiger partial charge in [0.05, 0.1) is 22.6 Å². The zero-order valence-electron chi connectivity index (χ0n) is 9.91. The van der Waals surface area contributed by atoms with Crippen LogP contribution < -0.4 is 5.32 Å². The lowest BCUT2D eigenvalue weighted by atomic mass is 10.2. The van der Waals surface area contributed by atoms with Gasteiger partial charge in [0.25, 0.3) is 5.91 Å². The molecule has 18 heavy (non-hydrogen) atoms. The SMILES string of the molecule is CNCC1CN(C(=O)c2cc(Cl)sc2Cl)CCO1. The quantitative estimate of drug-likeness (QED) is 0.930. The van der Waals surface area contributed by atoms with Gasteiger partial charge in [-0.25, -0.2) is 0 Å². The summed E-state index contributed by atoms with van der Waals surface area (Å²) < 4.78 is 6.53. The van der Waals surface area contributed by atoms with Crippen LogP contribution in [0.1, 0.15) is 10.4 Å². The minimum atomic E-state index is -0.0763. The number of amides is 1. The topological polar surface area (TPSA) is 41.6 Å². The highest BCUT2D eigenvalue weighted by molar-refractivity contribution is 7.20. The normalized spacial score (nSPS) is 20.2. The number of likely N-dealkylation sites (N-methyl/N-ethyl adjacent to an activating group) is 1. The van der Waals surface area contributed by atoms with Crippen molar-refractivity contribution in [1.29, 1.82) is 0 Å². The monoisotopic (exact) mass is 308 g/mol. The predicted molar refractivity (Wildman–Crippen MR) is 73.9 cm³/mol. The average Bonchev–Trinajstić information content (AvgIpc) is 2.68. The van der Waals surface area contributed by atoms with Crippen LogP contribution in [-0.2, 0) is 4.74 Å². The van der Waals surface area contributed by atoms with E-state index in [2.05, 4.69) is 5.32 Å². The molecule has 1 aliphatic heterocycles. The second kappa shape index (κ2) is 6.21. The standard InChI is InChI=1S/C11H14Cl2N2O2S/c1-14-5-7-6-15(2-3-17-7)11(16)8-4-9(12)18-10(8)13/h4,7,14H,2-3,5-6H2,1H3. The fourth-order valence-corrected chi connectivity index (χ4v) is 3.36. The average molecular weight is 309 g/mol. The summed E-state index contributed by atoms with van der Waals surface area (Å²) >= 11 is 13.1. The molecule has 1 fully saturated rings. The first-order valence-electron chi connectivity index (χ1n) is 5.62. The molecule has 100 valence electrons. The molecule has 0 bridgehead atoms. The largest absolute Gasteiger partial charge is 0.373 e. The van der Waals surface area contributed by atoms with E-state index in [1.165, 1.54) is 11.3 Å². The molecule has 1 aromatic rings. The zero-order chi connectivity index (χ0) is 13.1. The first-order valence-corrected chi connectivity index (χ1v) is 7.19. The molecule has 2 heterocycles. The van der Waals surface area contributed by atoms with Gasteiger partial charge in [-0.3, -0.25) is 4.79 Å². The van der Waals surface area contributed by atoms with Crippen molar-refractivity contribution in [3.8, 4) is 0 Å². The smallest absolute Gasteiger partial charge is 0.256 e. The Balaban J connectivity index is 2.06. The van der Waals surface area contributed by atoms with Gasteiger partial charge in [0.2, 0.25) is 0 Å². The fraction of sp³-hybridized carbons (Fsp3) is 0.545. The Morgan fingerprint density at radius 3 is 3.06 bits per heavy atom. The minimum absolute atomic E-state index is 0.0283. The maximum absolute atomic E-state index is 12.3. The van der Waals surface area contributed by atoms with Gasteiger partial charge in [-0.05, 0) is 13.1 Å². The number of hydrogen-bond donors (Lipinski definition) is 1. The Labute approximate surface area is 120 Å². The number of carbonyl (C=O) groups excluding carboxylic acids is 1. The molecule has 0 aromatic carbocycles. The van der Waals surface area contributed by atoms with Crippen molar-refractivity contribution in [2.45, 2.75) is 6.10 Å². The third-order valence-corrected chi connectivity index (χ3v) is 4.23. The van der Waals surface area contributed by atoms with Crippen molar-refractivity contribution in [2.24, 2.45) is 0 Å². The summed E-state index contributed by atoms with van der Waals surface area (Å²) in [5.41, 5.74) is 0.483. The van der Waals surface area contributed by atoms with E-state index in [9.17, 15) is 4.79 Å². The predicted octanol–water partition coefficient (Wildman–Crippen LogP) is 2.12. The fourth-order valence-electron chi connectivity index (χ4n) is 1.91. The molecule has 0 saturated carbocycles. The third kappa shape index (κ3) is 3.16. The minimum Gasteiger partial charge on any atom is -0.373 e. The summed E-state index contributed by atoms with van der Waals surface area (Å²) in [5.74, 6) is -0.0763. The number of halogens is 2. The van der Waals surface area contributed by atoms with Gasteiger partial charge in [-0.15, -0.1) is 11.3 Å². The highest BCUT2D eigenvalue weighted by Crippen LogP contribution is 2.32. The van der Waals surface area contributed by atoms with E-state index >= 15 is 0 Å². The molecule has 2 rings (SSSR count). The number of carbonyl (C=O) groups is 1. The Morgan fingerprint density at radius 1 is 1.67 bits per heavy atom. The Hall–Kier alpha value is -0.330. The molecule has 0 spiro atoms. The first-order chi connectivity index (χ1) is 8.61. The van der Waals surface area contributed by atoms with Crippen molar-refractivity contribution in [3.63, 3.8) is 0 Å². The van der Waals surface area contributed by atoms with Crippen LogP contribution in [0.3, 0.4) is 0 Å². The lowest BCUT2D eigenvalue weighted by Crippen LogP contribution is -2.48. The maximum Gasteiger partial charge on any atom is 0.256 e. The first kappa shape index (κ1) is 14.1. The second-order valence-electron chi connectivity index (χ2n) is 4.04. The second-order valence-corrected chi connectivity index (χ2v) is 6.33. The molecule has 4 nitrogen and oxygen atoms in total. The molecular formula is C11H14Cl2N2O2S. The van der Waals surface area contributed by atoms with Crippen molar-refractivity contribution in [3.05, 3.63) is 20.3 Å². The Bertz CT molecular complexity index is 437. The molecule has 1 N–H and O–H groups in total. The summed E-state index contributed by atoms with van der Waals surface area (Å²) in [4.78, 5) is 14.1. The molecule has 1 saturated heterocycles. The van der Waals surface area contributed by atoms with Gasteiger partial charge in [0.1, 0.15) is 4.34 Å². The molecule has 7 heteroatoms. The number of morpholine rings is 1. The number of hydrogen-bond acceptors (Lipinski definition) is 4. The molecule has 0 radical (unpaired) electrons. The van der Waals surface area contributed by atoms with Crippen LogP contribution in [0.2, 0.25) is 8.67 Å². The van der Waals surface area contributed by atoms with Crippen LogP contribution in [0.5, 0.6) is 0 Å². The van der Waals surface area contributed by atoms with Gasteiger partial charge in [0.15, 0.2) is 0 Å². The van der Waals surface area contributed by atoms with Gasteiger partial charge >= 0.3 is 0 Å². The van der Waals surface area contributed by atoms with E-state index in [1.54, 1.807) is 11.0 Å². The highest BCUT2D eigenvalue weighted by Gasteiger charge is 2.26. The van der Waals surface area contributed by atoms with Crippen molar-refractivity contribution in [1.82, 2.24) is 10.2 Å². The molecule has 1 amide bonds. The van der Waals surface area contributed by atoms with Crippen molar-refractivity contribution < 1.29 is 9.53 Å². The molecular weight excluding hydrogens is 295 g/mol. The molecule has 1 aliphatic rings. The summed E-state index contributed by atoms with van der Waals surface area (Å²) in [6.07, 6.45) is 0.0283. The molecule has 0 aliphatic carbocycles.